The fraction of sp³-hybridized carbons (Fsp3) is 0.533. The number of nitriles is 1. The van der Waals surface area contributed by atoms with Crippen LogP contribution in [0.4, 0.5) is 0 Å². The van der Waals surface area contributed by atoms with Crippen molar-refractivity contribution in [3.05, 3.63) is 35.9 Å². The summed E-state index contributed by atoms with van der Waals surface area (Å²) in [6.45, 7) is 5.22. The molecule has 0 spiro atoms. The molecule has 1 aromatic rings. The Morgan fingerprint density at radius 1 is 1.33 bits per heavy atom. The quantitative estimate of drug-likeness (QED) is 0.836. The van der Waals surface area contributed by atoms with Crippen LogP contribution >= 0.6 is 0 Å². The number of nitrogens with one attached hydrogen (secondary N) is 1. The summed E-state index contributed by atoms with van der Waals surface area (Å²) in [7, 11) is 3.94. The minimum absolute atomic E-state index is 0.494. The predicted molar refractivity (Wildman–Crippen MR) is 75.2 cm³/mol. The maximum Gasteiger partial charge on any atom is 0.133 e. The van der Waals surface area contributed by atoms with Gasteiger partial charge < -0.3 is 4.90 Å². The molecular weight excluding hydrogens is 222 g/mol. The molecule has 0 saturated carbocycles. The van der Waals surface area contributed by atoms with E-state index in [2.05, 4.69) is 37.2 Å². The molecule has 0 heterocycles. The fourth-order valence-electron chi connectivity index (χ4n) is 1.91. The smallest absolute Gasteiger partial charge is 0.133 e. The van der Waals surface area contributed by atoms with Gasteiger partial charge in [-0.2, -0.15) is 5.26 Å². The molecule has 1 rings (SSSR count). The van der Waals surface area contributed by atoms with Gasteiger partial charge in [0.25, 0.3) is 0 Å². The van der Waals surface area contributed by atoms with Crippen LogP contribution in [-0.4, -0.2) is 31.6 Å². The van der Waals surface area contributed by atoms with Gasteiger partial charge in [0.1, 0.15) is 5.54 Å². The fourth-order valence-corrected chi connectivity index (χ4v) is 1.91. The lowest BCUT2D eigenvalue weighted by Crippen LogP contribution is -2.42. The Bertz CT molecular complexity index is 394. The van der Waals surface area contributed by atoms with Crippen LogP contribution in [0.2, 0.25) is 0 Å². The zero-order valence-electron chi connectivity index (χ0n) is 11.8. The van der Waals surface area contributed by atoms with Crippen molar-refractivity contribution >= 4 is 0 Å². The molecule has 3 nitrogen and oxygen atoms in total. The van der Waals surface area contributed by atoms with Crippen LogP contribution in [0.1, 0.15) is 25.8 Å². The molecule has 18 heavy (non-hydrogen) atoms. The van der Waals surface area contributed by atoms with E-state index >= 15 is 0 Å². The first kappa shape index (κ1) is 14.7. The Morgan fingerprint density at radius 3 is 2.39 bits per heavy atom. The normalized spacial score (nSPS) is 14.5. The molecule has 0 saturated heterocycles. The van der Waals surface area contributed by atoms with Crippen LogP contribution in [0.15, 0.2) is 30.3 Å². The molecular formula is C15H23N3. The first-order valence-corrected chi connectivity index (χ1v) is 6.41. The van der Waals surface area contributed by atoms with E-state index in [1.807, 2.05) is 37.4 Å². The van der Waals surface area contributed by atoms with Crippen LogP contribution in [0.25, 0.3) is 0 Å². The van der Waals surface area contributed by atoms with E-state index in [1.165, 1.54) is 0 Å². The minimum atomic E-state index is -0.593. The first-order chi connectivity index (χ1) is 8.55. The maximum atomic E-state index is 9.55. The lowest BCUT2D eigenvalue weighted by atomic mass is 9.88. The third-order valence-corrected chi connectivity index (χ3v) is 3.61. The van der Waals surface area contributed by atoms with Crippen molar-refractivity contribution in [1.82, 2.24) is 10.2 Å². The highest BCUT2D eigenvalue weighted by Crippen LogP contribution is 2.24. The van der Waals surface area contributed by atoms with Crippen molar-refractivity contribution in [3.8, 4) is 6.07 Å². The lowest BCUT2D eigenvalue weighted by Gasteiger charge is -2.30. The molecule has 0 aliphatic rings. The van der Waals surface area contributed by atoms with Crippen LogP contribution in [0.3, 0.4) is 0 Å². The van der Waals surface area contributed by atoms with Crippen LogP contribution < -0.4 is 5.32 Å². The van der Waals surface area contributed by atoms with Gasteiger partial charge in [-0.25, -0.2) is 0 Å². The van der Waals surface area contributed by atoms with Gasteiger partial charge in [0.2, 0.25) is 0 Å². The molecule has 98 valence electrons. The van der Waals surface area contributed by atoms with E-state index in [9.17, 15) is 5.26 Å². The zero-order chi connectivity index (χ0) is 13.6. The second-order valence-electron chi connectivity index (χ2n) is 4.96. The monoisotopic (exact) mass is 245 g/mol. The van der Waals surface area contributed by atoms with Gasteiger partial charge in [-0.05, 0) is 39.9 Å². The number of hydrogen-bond donors (Lipinski definition) is 1. The summed E-state index contributed by atoms with van der Waals surface area (Å²) >= 11 is 0. The average molecular weight is 245 g/mol. The summed E-state index contributed by atoms with van der Waals surface area (Å²) in [5.41, 5.74) is 0.442. The Labute approximate surface area is 110 Å². The average Bonchev–Trinajstić information content (AvgIpc) is 2.41. The Hall–Kier alpha value is -1.37. The predicted octanol–water partition coefficient (Wildman–Crippen LogP) is 2.36. The standard InChI is InChI=1S/C15H23N3/c1-13(2)18(4)11-10-15(12-16,17-3)14-8-6-5-7-9-14/h5-9,13,17H,10-11H2,1-4H3. The SMILES string of the molecule is CNC(C#N)(CCN(C)C(C)C)c1ccccc1. The Kier molecular flexibility index (Phi) is 5.33. The molecule has 0 fully saturated rings. The second-order valence-corrected chi connectivity index (χ2v) is 4.96. The number of nitrogens with zero attached hydrogens (tertiary/aromatic N) is 2. The van der Waals surface area contributed by atoms with E-state index in [0.717, 1.165) is 18.5 Å². The third kappa shape index (κ3) is 3.32. The van der Waals surface area contributed by atoms with Crippen molar-refractivity contribution in [3.63, 3.8) is 0 Å². The van der Waals surface area contributed by atoms with Crippen LogP contribution in [0, 0.1) is 11.3 Å². The molecule has 0 radical (unpaired) electrons. The summed E-state index contributed by atoms with van der Waals surface area (Å²) in [5, 5.41) is 12.7. The van der Waals surface area contributed by atoms with Gasteiger partial charge in [0, 0.05) is 12.6 Å². The highest BCUT2D eigenvalue weighted by molar-refractivity contribution is 5.31. The van der Waals surface area contributed by atoms with E-state index in [4.69, 9.17) is 0 Å². The summed E-state index contributed by atoms with van der Waals surface area (Å²) in [6, 6.07) is 12.9. The summed E-state index contributed by atoms with van der Waals surface area (Å²) < 4.78 is 0. The van der Waals surface area contributed by atoms with Crippen molar-refractivity contribution < 1.29 is 0 Å². The number of hydrogen-bond acceptors (Lipinski definition) is 3. The molecule has 1 atom stereocenters. The van der Waals surface area contributed by atoms with Crippen molar-refractivity contribution in [2.45, 2.75) is 31.8 Å². The van der Waals surface area contributed by atoms with Gasteiger partial charge in [0.15, 0.2) is 0 Å². The van der Waals surface area contributed by atoms with Gasteiger partial charge in [-0.3, -0.25) is 5.32 Å². The highest BCUT2D eigenvalue weighted by Gasteiger charge is 2.30. The van der Waals surface area contributed by atoms with E-state index in [0.29, 0.717) is 6.04 Å². The molecule has 0 aliphatic carbocycles. The van der Waals surface area contributed by atoms with E-state index < -0.39 is 5.54 Å². The van der Waals surface area contributed by atoms with E-state index in [-0.39, 0.29) is 0 Å². The van der Waals surface area contributed by atoms with Crippen molar-refractivity contribution in [2.75, 3.05) is 20.6 Å². The topological polar surface area (TPSA) is 39.1 Å². The van der Waals surface area contributed by atoms with Gasteiger partial charge in [-0.15, -0.1) is 0 Å². The first-order valence-electron chi connectivity index (χ1n) is 6.41. The highest BCUT2D eigenvalue weighted by atomic mass is 15.1. The molecule has 1 aromatic carbocycles. The minimum Gasteiger partial charge on any atom is -0.304 e. The summed E-state index contributed by atoms with van der Waals surface area (Å²) in [4.78, 5) is 2.26. The van der Waals surface area contributed by atoms with Crippen molar-refractivity contribution in [2.24, 2.45) is 0 Å². The van der Waals surface area contributed by atoms with E-state index in [1.54, 1.807) is 0 Å². The van der Waals surface area contributed by atoms with Crippen LogP contribution in [-0.2, 0) is 5.54 Å². The van der Waals surface area contributed by atoms with Crippen molar-refractivity contribution in [1.29, 1.82) is 5.26 Å². The molecule has 0 aliphatic heterocycles. The van der Waals surface area contributed by atoms with Crippen LogP contribution in [0.5, 0.6) is 0 Å². The Morgan fingerprint density at radius 2 is 1.94 bits per heavy atom. The van der Waals surface area contributed by atoms with Gasteiger partial charge in [-0.1, -0.05) is 30.3 Å². The molecule has 1 unspecified atom stereocenters. The molecule has 0 amide bonds. The zero-order valence-corrected chi connectivity index (χ0v) is 11.8. The number of benzene rings is 1. The third-order valence-electron chi connectivity index (χ3n) is 3.61. The molecule has 0 aromatic heterocycles. The second kappa shape index (κ2) is 6.53. The molecule has 3 heteroatoms. The maximum absolute atomic E-state index is 9.55. The summed E-state index contributed by atoms with van der Waals surface area (Å²) in [5.74, 6) is 0. The lowest BCUT2D eigenvalue weighted by molar-refractivity contribution is 0.243. The largest absolute Gasteiger partial charge is 0.304 e. The molecule has 1 N–H and O–H groups in total. The Balaban J connectivity index is 2.86. The molecule has 0 bridgehead atoms. The van der Waals surface area contributed by atoms with Gasteiger partial charge in [0.05, 0.1) is 6.07 Å². The summed E-state index contributed by atoms with van der Waals surface area (Å²) in [6.07, 6.45) is 0.776. The number of rotatable bonds is 6. The van der Waals surface area contributed by atoms with Gasteiger partial charge >= 0.3 is 0 Å².